The van der Waals surface area contributed by atoms with Crippen LogP contribution in [0.15, 0.2) is 85.2 Å². The summed E-state index contributed by atoms with van der Waals surface area (Å²) in [6.07, 6.45) is 3.34. The van der Waals surface area contributed by atoms with E-state index in [4.69, 9.17) is 11.6 Å². The largest absolute Gasteiger partial charge is 0.347 e. The van der Waals surface area contributed by atoms with E-state index in [0.717, 1.165) is 5.56 Å². The van der Waals surface area contributed by atoms with Crippen molar-refractivity contribution in [1.29, 1.82) is 0 Å². The highest BCUT2D eigenvalue weighted by atomic mass is 35.5. The molecule has 7 nitrogen and oxygen atoms in total. The monoisotopic (exact) mass is 431 g/mol. The molecule has 0 fully saturated rings. The summed E-state index contributed by atoms with van der Waals surface area (Å²) in [5.41, 5.74) is 2.44. The molecule has 31 heavy (non-hydrogen) atoms. The third-order valence-electron chi connectivity index (χ3n) is 4.45. The molecular weight excluding hydrogens is 414 g/mol. The first kappa shape index (κ1) is 20.3. The molecule has 8 heteroatoms. The van der Waals surface area contributed by atoms with E-state index in [9.17, 15) is 9.59 Å². The lowest BCUT2D eigenvalue weighted by molar-refractivity contribution is 0.0945. The van der Waals surface area contributed by atoms with Gasteiger partial charge in [-0.3, -0.25) is 14.6 Å². The third kappa shape index (κ3) is 4.96. The molecule has 0 bridgehead atoms. The van der Waals surface area contributed by atoms with Crippen molar-refractivity contribution < 1.29 is 9.59 Å². The van der Waals surface area contributed by atoms with Gasteiger partial charge in [0.05, 0.1) is 5.69 Å². The second-order valence-electron chi connectivity index (χ2n) is 6.67. The van der Waals surface area contributed by atoms with Gasteiger partial charge in [-0.25, -0.2) is 4.68 Å². The minimum Gasteiger partial charge on any atom is -0.347 e. The van der Waals surface area contributed by atoms with Gasteiger partial charge in [0.15, 0.2) is 5.69 Å². The van der Waals surface area contributed by atoms with Crippen LogP contribution in [0, 0.1) is 0 Å². The second kappa shape index (κ2) is 9.23. The lowest BCUT2D eigenvalue weighted by Crippen LogP contribution is -2.23. The number of amides is 2. The Bertz CT molecular complexity index is 1190. The number of aromatic nitrogens is 3. The fourth-order valence-corrected chi connectivity index (χ4v) is 3.05. The third-order valence-corrected chi connectivity index (χ3v) is 4.71. The Morgan fingerprint density at radius 2 is 1.71 bits per heavy atom. The van der Waals surface area contributed by atoms with Gasteiger partial charge in [0, 0.05) is 35.7 Å². The number of carbonyl (C=O) groups excluding carboxylic acids is 2. The molecule has 0 atom stereocenters. The first-order valence-electron chi connectivity index (χ1n) is 9.49. The molecule has 2 heterocycles. The van der Waals surface area contributed by atoms with Crippen molar-refractivity contribution in [3.05, 3.63) is 107 Å². The highest BCUT2D eigenvalue weighted by Crippen LogP contribution is 2.18. The molecule has 0 saturated heterocycles. The van der Waals surface area contributed by atoms with E-state index in [0.29, 0.717) is 22.9 Å². The van der Waals surface area contributed by atoms with Gasteiger partial charge in [-0.2, -0.15) is 5.10 Å². The SMILES string of the molecule is O=C(NCc1cccnc1)c1cc(C(=O)Nc2ccccc2)n(-c2ccc(Cl)cc2)n1. The molecule has 0 aliphatic heterocycles. The molecule has 0 saturated carbocycles. The summed E-state index contributed by atoms with van der Waals surface area (Å²) in [5.74, 6) is -0.787. The van der Waals surface area contributed by atoms with E-state index in [1.807, 2.05) is 24.3 Å². The number of anilines is 1. The number of pyridine rings is 1. The number of halogens is 1. The summed E-state index contributed by atoms with van der Waals surface area (Å²) in [6, 6.07) is 21.0. The van der Waals surface area contributed by atoms with Gasteiger partial charge >= 0.3 is 0 Å². The summed E-state index contributed by atoms with van der Waals surface area (Å²) in [4.78, 5) is 29.7. The van der Waals surface area contributed by atoms with Crippen LogP contribution in [0.3, 0.4) is 0 Å². The van der Waals surface area contributed by atoms with E-state index >= 15 is 0 Å². The summed E-state index contributed by atoms with van der Waals surface area (Å²) in [5, 5.41) is 10.5. The highest BCUT2D eigenvalue weighted by molar-refractivity contribution is 6.30. The van der Waals surface area contributed by atoms with Crippen LogP contribution in [0.25, 0.3) is 5.69 Å². The first-order chi connectivity index (χ1) is 15.1. The summed E-state index contributed by atoms with van der Waals surface area (Å²) in [6.45, 7) is 0.298. The number of rotatable bonds is 6. The Hall–Kier alpha value is -3.97. The fraction of sp³-hybridized carbons (Fsp3) is 0.0435. The molecule has 4 aromatic rings. The number of carbonyl (C=O) groups is 2. The molecule has 2 N–H and O–H groups in total. The molecular formula is C23H18ClN5O2. The van der Waals surface area contributed by atoms with Crippen molar-refractivity contribution in [2.75, 3.05) is 5.32 Å². The van der Waals surface area contributed by atoms with Crippen molar-refractivity contribution >= 4 is 29.1 Å². The Labute approximate surface area is 183 Å². The van der Waals surface area contributed by atoms with Gasteiger partial charge in [0.1, 0.15) is 5.69 Å². The standard InChI is InChI=1S/C23H18ClN5O2/c24-17-8-10-19(11-9-17)29-21(23(31)27-18-6-2-1-3-7-18)13-20(28-29)22(30)26-15-16-5-4-12-25-14-16/h1-14H,15H2,(H,26,30)(H,27,31). The molecule has 154 valence electrons. The van der Waals surface area contributed by atoms with Crippen molar-refractivity contribution in [3.8, 4) is 5.69 Å². The fourth-order valence-electron chi connectivity index (χ4n) is 2.93. The zero-order valence-electron chi connectivity index (χ0n) is 16.3. The zero-order valence-corrected chi connectivity index (χ0v) is 17.1. The normalized spacial score (nSPS) is 10.5. The Balaban J connectivity index is 1.62. The van der Waals surface area contributed by atoms with Gasteiger partial charge < -0.3 is 10.6 Å². The maximum absolute atomic E-state index is 13.0. The number of nitrogens with one attached hydrogen (secondary N) is 2. The van der Waals surface area contributed by atoms with Crippen LogP contribution in [0.2, 0.25) is 5.02 Å². The van der Waals surface area contributed by atoms with Crippen molar-refractivity contribution in [2.24, 2.45) is 0 Å². The summed E-state index contributed by atoms with van der Waals surface area (Å²) >= 11 is 5.99. The molecule has 2 amide bonds. The predicted octanol–water partition coefficient (Wildman–Crippen LogP) is 4.10. The molecule has 0 aliphatic rings. The molecule has 4 rings (SSSR count). The lowest BCUT2D eigenvalue weighted by atomic mass is 10.2. The lowest BCUT2D eigenvalue weighted by Gasteiger charge is -2.08. The minimum atomic E-state index is -0.398. The number of hydrogen-bond acceptors (Lipinski definition) is 4. The summed E-state index contributed by atoms with van der Waals surface area (Å²) < 4.78 is 1.42. The van der Waals surface area contributed by atoms with Crippen LogP contribution in [-0.2, 0) is 6.54 Å². The number of benzene rings is 2. The van der Waals surface area contributed by atoms with Crippen molar-refractivity contribution in [2.45, 2.75) is 6.54 Å². The molecule has 0 unspecified atom stereocenters. The van der Waals surface area contributed by atoms with Gasteiger partial charge in [0.2, 0.25) is 0 Å². The zero-order chi connectivity index (χ0) is 21.6. The molecule has 2 aromatic carbocycles. The Kier molecular flexibility index (Phi) is 6.05. The maximum Gasteiger partial charge on any atom is 0.274 e. The van der Waals surface area contributed by atoms with Gasteiger partial charge in [-0.05, 0) is 48.0 Å². The Morgan fingerprint density at radius 3 is 2.42 bits per heavy atom. The first-order valence-corrected chi connectivity index (χ1v) is 9.87. The van der Waals surface area contributed by atoms with Gasteiger partial charge in [-0.15, -0.1) is 0 Å². The van der Waals surface area contributed by atoms with E-state index in [2.05, 4.69) is 20.7 Å². The van der Waals surface area contributed by atoms with E-state index in [-0.39, 0.29) is 17.3 Å². The molecule has 2 aromatic heterocycles. The maximum atomic E-state index is 13.0. The average molecular weight is 432 g/mol. The van der Waals surface area contributed by atoms with E-state index < -0.39 is 5.91 Å². The van der Waals surface area contributed by atoms with E-state index in [1.54, 1.807) is 54.9 Å². The molecule has 0 spiro atoms. The van der Waals surface area contributed by atoms with E-state index in [1.165, 1.54) is 10.7 Å². The second-order valence-corrected chi connectivity index (χ2v) is 7.10. The number of hydrogen-bond donors (Lipinski definition) is 2. The quantitative estimate of drug-likeness (QED) is 0.481. The van der Waals surface area contributed by atoms with Crippen molar-refractivity contribution in [1.82, 2.24) is 20.1 Å². The van der Waals surface area contributed by atoms with Crippen LogP contribution in [0.1, 0.15) is 26.5 Å². The van der Waals surface area contributed by atoms with Crippen LogP contribution >= 0.6 is 11.6 Å². The predicted molar refractivity (Wildman–Crippen MR) is 118 cm³/mol. The van der Waals surface area contributed by atoms with Crippen LogP contribution < -0.4 is 10.6 Å². The highest BCUT2D eigenvalue weighted by Gasteiger charge is 2.20. The average Bonchev–Trinajstić information content (AvgIpc) is 3.25. The summed E-state index contributed by atoms with van der Waals surface area (Å²) in [7, 11) is 0. The van der Waals surface area contributed by atoms with Gasteiger partial charge in [0.25, 0.3) is 11.8 Å². The topological polar surface area (TPSA) is 88.9 Å². The van der Waals surface area contributed by atoms with Crippen LogP contribution in [-0.4, -0.2) is 26.6 Å². The van der Waals surface area contributed by atoms with Crippen LogP contribution in [0.5, 0.6) is 0 Å². The van der Waals surface area contributed by atoms with Gasteiger partial charge in [-0.1, -0.05) is 35.9 Å². The number of para-hydroxylation sites is 1. The Morgan fingerprint density at radius 1 is 0.935 bits per heavy atom. The molecule has 0 radical (unpaired) electrons. The number of nitrogens with zero attached hydrogens (tertiary/aromatic N) is 3. The van der Waals surface area contributed by atoms with Crippen molar-refractivity contribution in [3.63, 3.8) is 0 Å². The molecule has 0 aliphatic carbocycles. The minimum absolute atomic E-state index is 0.122. The van der Waals surface area contributed by atoms with Crippen LogP contribution in [0.4, 0.5) is 5.69 Å². The smallest absolute Gasteiger partial charge is 0.274 e.